The van der Waals surface area contributed by atoms with Gasteiger partial charge in [0.2, 0.25) is 0 Å². The highest BCUT2D eigenvalue weighted by Crippen LogP contribution is 2.31. The minimum absolute atomic E-state index is 0.127. The van der Waals surface area contributed by atoms with E-state index in [0.29, 0.717) is 0 Å². The van der Waals surface area contributed by atoms with Crippen molar-refractivity contribution >= 4 is 50.1 Å². The molecule has 0 aromatic heterocycles. The molecule has 0 saturated heterocycles. The van der Waals surface area contributed by atoms with E-state index in [0.717, 1.165) is 15.1 Å². The molecule has 0 aliphatic rings. The van der Waals surface area contributed by atoms with Crippen LogP contribution in [0.2, 0.25) is 5.02 Å². The molecular formula is C15H14BrClIN. The van der Waals surface area contributed by atoms with Crippen LogP contribution in [0.25, 0.3) is 0 Å². The zero-order valence-corrected chi connectivity index (χ0v) is 15.2. The Morgan fingerprint density at radius 3 is 2.58 bits per heavy atom. The van der Waals surface area contributed by atoms with E-state index in [1.807, 2.05) is 20.0 Å². The number of nitrogens with one attached hydrogen (secondary N) is 1. The van der Waals surface area contributed by atoms with Crippen LogP contribution in [0, 0.1) is 10.5 Å². The van der Waals surface area contributed by atoms with Gasteiger partial charge >= 0.3 is 0 Å². The minimum atomic E-state index is 0.127. The van der Waals surface area contributed by atoms with Gasteiger partial charge in [0.25, 0.3) is 0 Å². The molecule has 1 N–H and O–H groups in total. The topological polar surface area (TPSA) is 12.0 Å². The van der Waals surface area contributed by atoms with E-state index < -0.39 is 0 Å². The van der Waals surface area contributed by atoms with Gasteiger partial charge in [-0.15, -0.1) is 0 Å². The van der Waals surface area contributed by atoms with Crippen molar-refractivity contribution in [1.82, 2.24) is 5.32 Å². The largest absolute Gasteiger partial charge is 0.309 e. The molecule has 2 rings (SSSR count). The summed E-state index contributed by atoms with van der Waals surface area (Å²) in [4.78, 5) is 0. The quantitative estimate of drug-likeness (QED) is 0.624. The monoisotopic (exact) mass is 449 g/mol. The number of hydrogen-bond acceptors (Lipinski definition) is 1. The summed E-state index contributed by atoms with van der Waals surface area (Å²) in [6.45, 7) is 2.02. The van der Waals surface area contributed by atoms with Crippen LogP contribution in [-0.4, -0.2) is 7.05 Å². The third-order valence-corrected chi connectivity index (χ3v) is 4.89. The zero-order valence-electron chi connectivity index (χ0n) is 10.7. The van der Waals surface area contributed by atoms with Crippen molar-refractivity contribution in [3.8, 4) is 0 Å². The molecule has 2 aromatic rings. The van der Waals surface area contributed by atoms with Gasteiger partial charge in [-0.25, -0.2) is 0 Å². The van der Waals surface area contributed by atoms with Crippen molar-refractivity contribution in [1.29, 1.82) is 0 Å². The second-order valence-corrected chi connectivity index (χ2v) is 6.90. The molecule has 0 heterocycles. The third kappa shape index (κ3) is 3.51. The number of aryl methyl sites for hydroxylation is 1. The molecule has 19 heavy (non-hydrogen) atoms. The van der Waals surface area contributed by atoms with Gasteiger partial charge in [-0.1, -0.05) is 39.7 Å². The Labute approximate surface area is 141 Å². The SMILES string of the molecule is CNC(c1ccc(C)c(Cl)c1)c1cc(I)ccc1Br. The van der Waals surface area contributed by atoms with Crippen molar-refractivity contribution < 1.29 is 0 Å². The number of rotatable bonds is 3. The number of benzene rings is 2. The maximum atomic E-state index is 6.23. The van der Waals surface area contributed by atoms with Crippen LogP contribution < -0.4 is 5.32 Å². The summed E-state index contributed by atoms with van der Waals surface area (Å²) in [5, 5.41) is 4.16. The molecule has 2 aromatic carbocycles. The van der Waals surface area contributed by atoms with Gasteiger partial charge < -0.3 is 5.32 Å². The second kappa shape index (κ2) is 6.57. The average molecular weight is 451 g/mol. The molecule has 1 atom stereocenters. The van der Waals surface area contributed by atoms with Gasteiger partial charge in [0.05, 0.1) is 6.04 Å². The fourth-order valence-electron chi connectivity index (χ4n) is 2.03. The molecule has 0 spiro atoms. The fourth-order valence-corrected chi connectivity index (χ4v) is 3.21. The average Bonchev–Trinajstić information content (AvgIpc) is 2.38. The Balaban J connectivity index is 2.49. The predicted molar refractivity (Wildman–Crippen MR) is 94.0 cm³/mol. The lowest BCUT2D eigenvalue weighted by molar-refractivity contribution is 0.688. The van der Waals surface area contributed by atoms with E-state index >= 15 is 0 Å². The normalized spacial score (nSPS) is 12.5. The smallest absolute Gasteiger partial charge is 0.0586 e. The van der Waals surface area contributed by atoms with Crippen LogP contribution in [0.5, 0.6) is 0 Å². The van der Waals surface area contributed by atoms with Gasteiger partial charge in [-0.2, -0.15) is 0 Å². The molecule has 0 saturated carbocycles. The van der Waals surface area contributed by atoms with Crippen molar-refractivity contribution in [2.24, 2.45) is 0 Å². The summed E-state index contributed by atoms with van der Waals surface area (Å²) in [7, 11) is 1.96. The molecule has 4 heteroatoms. The summed E-state index contributed by atoms with van der Waals surface area (Å²) in [5.74, 6) is 0. The molecule has 0 amide bonds. The lowest BCUT2D eigenvalue weighted by Crippen LogP contribution is -2.18. The van der Waals surface area contributed by atoms with Crippen LogP contribution in [0.15, 0.2) is 40.9 Å². The summed E-state index contributed by atoms with van der Waals surface area (Å²) in [6.07, 6.45) is 0. The van der Waals surface area contributed by atoms with Gasteiger partial charge in [-0.3, -0.25) is 0 Å². The molecule has 1 nitrogen and oxygen atoms in total. The molecule has 0 bridgehead atoms. The summed E-state index contributed by atoms with van der Waals surface area (Å²) in [5.41, 5.74) is 3.48. The van der Waals surface area contributed by atoms with Crippen LogP contribution in [0.4, 0.5) is 0 Å². The molecule has 100 valence electrons. The van der Waals surface area contributed by atoms with Gasteiger partial charge in [0.1, 0.15) is 0 Å². The first-order chi connectivity index (χ1) is 9.02. The molecule has 0 radical (unpaired) electrons. The molecule has 0 aliphatic carbocycles. The van der Waals surface area contributed by atoms with Crippen molar-refractivity contribution in [2.45, 2.75) is 13.0 Å². The summed E-state index contributed by atoms with van der Waals surface area (Å²) < 4.78 is 2.32. The van der Waals surface area contributed by atoms with Gasteiger partial charge in [0.15, 0.2) is 0 Å². The van der Waals surface area contributed by atoms with Crippen LogP contribution in [0.3, 0.4) is 0 Å². The zero-order chi connectivity index (χ0) is 14.0. The number of halogens is 3. The first kappa shape index (κ1) is 15.3. The van der Waals surface area contributed by atoms with Gasteiger partial charge in [-0.05, 0) is 77.5 Å². The predicted octanol–water partition coefficient (Wildman–Crippen LogP) is 5.32. The van der Waals surface area contributed by atoms with Crippen LogP contribution >= 0.6 is 50.1 Å². The standard InChI is InChI=1S/C15H14BrClIN/c1-9-3-4-10(7-14(9)17)15(19-2)12-8-11(18)5-6-13(12)16/h3-8,15,19H,1-2H3. The maximum absolute atomic E-state index is 6.23. The van der Waals surface area contributed by atoms with E-state index in [4.69, 9.17) is 11.6 Å². The highest BCUT2D eigenvalue weighted by molar-refractivity contribution is 14.1. The van der Waals surface area contributed by atoms with E-state index in [1.165, 1.54) is 14.7 Å². The van der Waals surface area contributed by atoms with E-state index in [1.54, 1.807) is 0 Å². The molecular weight excluding hydrogens is 436 g/mol. The molecule has 0 aliphatic heterocycles. The Kier molecular flexibility index (Phi) is 5.29. The van der Waals surface area contributed by atoms with Crippen LogP contribution in [-0.2, 0) is 0 Å². The van der Waals surface area contributed by atoms with Crippen molar-refractivity contribution in [3.05, 3.63) is 66.2 Å². The van der Waals surface area contributed by atoms with Gasteiger partial charge in [0, 0.05) is 13.1 Å². The highest BCUT2D eigenvalue weighted by atomic mass is 127. The molecule has 0 fully saturated rings. The minimum Gasteiger partial charge on any atom is -0.309 e. The maximum Gasteiger partial charge on any atom is 0.0586 e. The first-order valence-corrected chi connectivity index (χ1v) is 8.16. The lowest BCUT2D eigenvalue weighted by atomic mass is 9.98. The highest BCUT2D eigenvalue weighted by Gasteiger charge is 2.16. The van der Waals surface area contributed by atoms with Crippen LogP contribution in [0.1, 0.15) is 22.7 Å². The fraction of sp³-hybridized carbons (Fsp3) is 0.200. The Bertz CT molecular complexity index is 601. The van der Waals surface area contributed by atoms with Crippen molar-refractivity contribution in [2.75, 3.05) is 7.05 Å². The summed E-state index contributed by atoms with van der Waals surface area (Å²) in [6, 6.07) is 12.7. The number of hydrogen-bond donors (Lipinski definition) is 1. The van der Waals surface area contributed by atoms with E-state index in [9.17, 15) is 0 Å². The third-order valence-electron chi connectivity index (χ3n) is 3.09. The summed E-state index contributed by atoms with van der Waals surface area (Å²) >= 11 is 12.2. The first-order valence-electron chi connectivity index (χ1n) is 5.91. The second-order valence-electron chi connectivity index (χ2n) is 4.40. The van der Waals surface area contributed by atoms with Crippen molar-refractivity contribution in [3.63, 3.8) is 0 Å². The molecule has 1 unspecified atom stereocenters. The van der Waals surface area contributed by atoms with E-state index in [-0.39, 0.29) is 6.04 Å². The Morgan fingerprint density at radius 1 is 1.21 bits per heavy atom. The van der Waals surface area contributed by atoms with E-state index in [2.05, 4.69) is 74.2 Å². The lowest BCUT2D eigenvalue weighted by Gasteiger charge is -2.20. The Hall–Kier alpha value is -0.100. The Morgan fingerprint density at radius 2 is 1.95 bits per heavy atom.